The van der Waals surface area contributed by atoms with Crippen LogP contribution in [-0.2, 0) is 16.4 Å². The lowest BCUT2D eigenvalue weighted by molar-refractivity contribution is 0.186. The van der Waals surface area contributed by atoms with Gasteiger partial charge in [0.15, 0.2) is 0 Å². The monoisotopic (exact) mass is 312 g/mol. The first kappa shape index (κ1) is 16.4. The van der Waals surface area contributed by atoms with Crippen LogP contribution in [0.25, 0.3) is 0 Å². The standard InChI is InChI=1S/C15H24N2O3S/c16-10-9-13-5-7-15(8-6-13)21(19,20)17-11-3-1-2-4-14(17)12-18/h5-8,14,18H,1-4,9-12,16H2. The van der Waals surface area contributed by atoms with Crippen molar-refractivity contribution >= 4 is 10.0 Å². The van der Waals surface area contributed by atoms with E-state index in [-0.39, 0.29) is 12.6 Å². The minimum atomic E-state index is -3.54. The molecule has 1 aromatic rings. The summed E-state index contributed by atoms with van der Waals surface area (Å²) in [7, 11) is -3.54. The van der Waals surface area contributed by atoms with Gasteiger partial charge in [-0.2, -0.15) is 4.31 Å². The minimum Gasteiger partial charge on any atom is -0.395 e. The number of nitrogens with two attached hydrogens (primary N) is 1. The van der Waals surface area contributed by atoms with E-state index in [9.17, 15) is 13.5 Å². The van der Waals surface area contributed by atoms with Crippen LogP contribution < -0.4 is 5.73 Å². The Bertz CT molecular complexity index is 543. The van der Waals surface area contributed by atoms with Crippen molar-refractivity contribution in [3.05, 3.63) is 29.8 Å². The Morgan fingerprint density at radius 2 is 1.90 bits per heavy atom. The van der Waals surface area contributed by atoms with Crippen LogP contribution >= 0.6 is 0 Å². The Labute approximate surface area is 126 Å². The molecule has 2 rings (SSSR count). The second-order valence-corrected chi connectivity index (χ2v) is 7.37. The van der Waals surface area contributed by atoms with Gasteiger partial charge in [-0.25, -0.2) is 8.42 Å². The van der Waals surface area contributed by atoms with Crippen LogP contribution in [0.4, 0.5) is 0 Å². The Morgan fingerprint density at radius 1 is 1.19 bits per heavy atom. The molecule has 0 bridgehead atoms. The lowest BCUT2D eigenvalue weighted by Gasteiger charge is -2.27. The molecule has 1 saturated heterocycles. The van der Waals surface area contributed by atoms with Crippen molar-refractivity contribution in [3.63, 3.8) is 0 Å². The van der Waals surface area contributed by atoms with Gasteiger partial charge >= 0.3 is 0 Å². The van der Waals surface area contributed by atoms with E-state index in [0.29, 0.717) is 18.0 Å². The predicted octanol–water partition coefficient (Wildman–Crippen LogP) is 1.11. The van der Waals surface area contributed by atoms with Gasteiger partial charge in [-0.05, 0) is 43.5 Å². The number of hydrogen-bond acceptors (Lipinski definition) is 4. The number of benzene rings is 1. The van der Waals surface area contributed by atoms with E-state index in [0.717, 1.165) is 37.7 Å². The molecule has 1 unspecified atom stereocenters. The molecule has 1 aliphatic rings. The Balaban J connectivity index is 2.26. The van der Waals surface area contributed by atoms with Gasteiger partial charge in [0.05, 0.1) is 11.5 Å². The second kappa shape index (κ2) is 7.35. The molecule has 1 aliphatic heterocycles. The highest BCUT2D eigenvalue weighted by molar-refractivity contribution is 7.89. The third-order valence-corrected chi connectivity index (χ3v) is 5.96. The minimum absolute atomic E-state index is 0.121. The van der Waals surface area contributed by atoms with Gasteiger partial charge in [-0.15, -0.1) is 0 Å². The Hall–Kier alpha value is -0.950. The molecule has 0 aromatic heterocycles. The molecule has 3 N–H and O–H groups in total. The van der Waals surface area contributed by atoms with Crippen molar-refractivity contribution < 1.29 is 13.5 Å². The molecule has 118 valence electrons. The average Bonchev–Trinajstić information content (AvgIpc) is 2.73. The number of sulfonamides is 1. The summed E-state index contributed by atoms with van der Waals surface area (Å²) in [4.78, 5) is 0.295. The van der Waals surface area contributed by atoms with Crippen LogP contribution in [0.1, 0.15) is 31.2 Å². The highest BCUT2D eigenvalue weighted by Gasteiger charge is 2.31. The second-order valence-electron chi connectivity index (χ2n) is 5.48. The summed E-state index contributed by atoms with van der Waals surface area (Å²) < 4.78 is 27.0. The lowest BCUT2D eigenvalue weighted by atomic mass is 10.1. The SMILES string of the molecule is NCCc1ccc(S(=O)(=O)N2CCCCCC2CO)cc1. The number of aliphatic hydroxyl groups excluding tert-OH is 1. The van der Waals surface area contributed by atoms with Crippen LogP contribution in [0, 0.1) is 0 Å². The number of hydrogen-bond donors (Lipinski definition) is 2. The van der Waals surface area contributed by atoms with E-state index in [4.69, 9.17) is 5.73 Å². The zero-order valence-electron chi connectivity index (χ0n) is 12.2. The first-order valence-corrected chi connectivity index (χ1v) is 8.95. The van der Waals surface area contributed by atoms with Crippen LogP contribution in [0.3, 0.4) is 0 Å². The van der Waals surface area contributed by atoms with Crippen LogP contribution in [0.2, 0.25) is 0 Å². The van der Waals surface area contributed by atoms with Crippen molar-refractivity contribution in [1.29, 1.82) is 0 Å². The van der Waals surface area contributed by atoms with Crippen molar-refractivity contribution in [2.45, 2.75) is 43.0 Å². The summed E-state index contributed by atoms with van der Waals surface area (Å²) in [5, 5.41) is 9.49. The third-order valence-electron chi connectivity index (χ3n) is 4.00. The van der Waals surface area contributed by atoms with Gasteiger partial charge in [0.1, 0.15) is 0 Å². The van der Waals surface area contributed by atoms with E-state index >= 15 is 0 Å². The molecule has 0 amide bonds. The largest absolute Gasteiger partial charge is 0.395 e. The van der Waals surface area contributed by atoms with Crippen LogP contribution in [-0.4, -0.2) is 43.6 Å². The maximum Gasteiger partial charge on any atom is 0.243 e. The third kappa shape index (κ3) is 3.83. The van der Waals surface area contributed by atoms with E-state index in [1.807, 2.05) is 12.1 Å². The van der Waals surface area contributed by atoms with Gasteiger partial charge in [-0.3, -0.25) is 0 Å². The first-order chi connectivity index (χ1) is 10.1. The molecule has 1 aromatic carbocycles. The van der Waals surface area contributed by atoms with Gasteiger partial charge in [0.2, 0.25) is 10.0 Å². The molecule has 1 atom stereocenters. The van der Waals surface area contributed by atoms with E-state index in [1.165, 1.54) is 4.31 Å². The highest BCUT2D eigenvalue weighted by Crippen LogP contribution is 2.24. The number of aliphatic hydroxyl groups is 1. The fourth-order valence-corrected chi connectivity index (χ4v) is 4.46. The normalized spacial score (nSPS) is 21.1. The lowest BCUT2D eigenvalue weighted by Crippen LogP contribution is -2.42. The molecule has 5 nitrogen and oxygen atoms in total. The molecule has 1 heterocycles. The first-order valence-electron chi connectivity index (χ1n) is 7.51. The Morgan fingerprint density at radius 3 is 2.52 bits per heavy atom. The predicted molar refractivity (Wildman–Crippen MR) is 82.4 cm³/mol. The fourth-order valence-electron chi connectivity index (χ4n) is 2.78. The molecule has 21 heavy (non-hydrogen) atoms. The van der Waals surface area contributed by atoms with E-state index in [2.05, 4.69) is 0 Å². The number of rotatable bonds is 5. The van der Waals surface area contributed by atoms with Gasteiger partial charge in [0.25, 0.3) is 0 Å². The summed E-state index contributed by atoms with van der Waals surface area (Å²) in [6.07, 6.45) is 4.29. The molecule has 0 aliphatic carbocycles. The Kier molecular flexibility index (Phi) is 5.75. The summed E-state index contributed by atoms with van der Waals surface area (Å²) in [6, 6.07) is 6.59. The highest BCUT2D eigenvalue weighted by atomic mass is 32.2. The van der Waals surface area contributed by atoms with E-state index in [1.54, 1.807) is 12.1 Å². The average molecular weight is 312 g/mol. The summed E-state index contributed by atoms with van der Waals surface area (Å²) in [5.74, 6) is 0. The molecule has 0 radical (unpaired) electrons. The van der Waals surface area contributed by atoms with Gasteiger partial charge in [0, 0.05) is 12.6 Å². The van der Waals surface area contributed by atoms with Crippen molar-refractivity contribution in [2.75, 3.05) is 19.7 Å². The van der Waals surface area contributed by atoms with Crippen molar-refractivity contribution in [1.82, 2.24) is 4.31 Å². The van der Waals surface area contributed by atoms with Crippen LogP contribution in [0.5, 0.6) is 0 Å². The molecule has 1 fully saturated rings. The summed E-state index contributed by atoms with van der Waals surface area (Å²) >= 11 is 0. The van der Waals surface area contributed by atoms with E-state index < -0.39 is 10.0 Å². The van der Waals surface area contributed by atoms with Gasteiger partial charge in [-0.1, -0.05) is 25.0 Å². The molecule has 0 saturated carbocycles. The molecular weight excluding hydrogens is 288 g/mol. The maximum atomic E-state index is 12.8. The zero-order chi connectivity index (χ0) is 15.3. The quantitative estimate of drug-likeness (QED) is 0.853. The molecular formula is C15H24N2O3S. The molecule has 6 heteroatoms. The summed E-state index contributed by atoms with van der Waals surface area (Å²) in [5.41, 5.74) is 6.53. The van der Waals surface area contributed by atoms with Crippen molar-refractivity contribution in [3.8, 4) is 0 Å². The smallest absolute Gasteiger partial charge is 0.243 e. The topological polar surface area (TPSA) is 83.6 Å². The summed E-state index contributed by atoms with van der Waals surface area (Å²) in [6.45, 7) is 0.910. The number of nitrogens with zero attached hydrogens (tertiary/aromatic N) is 1. The van der Waals surface area contributed by atoms with Crippen molar-refractivity contribution in [2.24, 2.45) is 5.73 Å². The fraction of sp³-hybridized carbons (Fsp3) is 0.600. The maximum absolute atomic E-state index is 12.8. The van der Waals surface area contributed by atoms with Crippen LogP contribution in [0.15, 0.2) is 29.2 Å². The molecule has 0 spiro atoms. The zero-order valence-corrected chi connectivity index (χ0v) is 13.1. The van der Waals surface area contributed by atoms with Gasteiger partial charge < -0.3 is 10.8 Å².